The summed E-state index contributed by atoms with van der Waals surface area (Å²) < 4.78 is 27.2. The first-order valence-electron chi connectivity index (χ1n) is 11.5. The van der Waals surface area contributed by atoms with Crippen LogP contribution in [-0.2, 0) is 6.54 Å². The molecule has 1 amide bonds. The first-order chi connectivity index (χ1) is 18.0. The van der Waals surface area contributed by atoms with Crippen LogP contribution in [0.3, 0.4) is 0 Å². The number of halogens is 1. The number of fused-ring (bicyclic) bond motifs is 1. The molecule has 4 aromatic rings. The number of hydrogen-bond acceptors (Lipinski definition) is 9. The average molecular weight is 525 g/mol. The summed E-state index contributed by atoms with van der Waals surface area (Å²) in [5.74, 6) is 0.676. The zero-order valence-corrected chi connectivity index (χ0v) is 21.1. The molecule has 0 aliphatic heterocycles. The Bertz CT molecular complexity index is 1460. The molecule has 0 aliphatic carbocycles. The van der Waals surface area contributed by atoms with Gasteiger partial charge in [0.15, 0.2) is 0 Å². The Morgan fingerprint density at radius 3 is 2.81 bits per heavy atom. The van der Waals surface area contributed by atoms with Crippen LogP contribution >= 0.6 is 11.3 Å². The van der Waals surface area contributed by atoms with E-state index in [-0.39, 0.29) is 19.1 Å². The normalized spacial score (nSPS) is 10.8. The van der Waals surface area contributed by atoms with Crippen molar-refractivity contribution in [2.24, 2.45) is 0 Å². The highest BCUT2D eigenvalue weighted by atomic mass is 32.1. The van der Waals surface area contributed by atoms with Gasteiger partial charge in [-0.25, -0.2) is 14.4 Å². The maximum absolute atomic E-state index is 14.6. The number of anilines is 1. The predicted molar refractivity (Wildman–Crippen MR) is 138 cm³/mol. The Labute approximate surface area is 216 Å². The van der Waals surface area contributed by atoms with E-state index in [9.17, 15) is 14.4 Å². The van der Waals surface area contributed by atoms with Crippen molar-refractivity contribution in [3.05, 3.63) is 53.0 Å². The van der Waals surface area contributed by atoms with Gasteiger partial charge in [0.1, 0.15) is 46.1 Å². The summed E-state index contributed by atoms with van der Waals surface area (Å²) in [6.07, 6.45) is 1.40. The fourth-order valence-electron chi connectivity index (χ4n) is 3.87. The smallest absolute Gasteiger partial charge is 0.265 e. The van der Waals surface area contributed by atoms with Crippen LogP contribution in [0.15, 0.2) is 36.7 Å². The number of benzene rings is 1. The quantitative estimate of drug-likeness (QED) is 0.272. The Morgan fingerprint density at radius 1 is 1.24 bits per heavy atom. The molecule has 37 heavy (non-hydrogen) atoms. The first kappa shape index (κ1) is 25.9. The molecule has 0 saturated carbocycles. The lowest BCUT2D eigenvalue weighted by atomic mass is 10.2. The Balaban J connectivity index is 1.53. The molecule has 0 bridgehead atoms. The fraction of sp³-hybridized carbons (Fsp3) is 0.280. The second kappa shape index (κ2) is 11.7. The van der Waals surface area contributed by atoms with E-state index in [0.717, 1.165) is 0 Å². The lowest BCUT2D eigenvalue weighted by Crippen LogP contribution is -2.25. The second-order valence-electron chi connectivity index (χ2n) is 7.74. The second-order valence-corrected chi connectivity index (χ2v) is 8.79. The number of nitriles is 1. The van der Waals surface area contributed by atoms with Crippen LogP contribution in [-0.4, -0.2) is 59.0 Å². The summed E-state index contributed by atoms with van der Waals surface area (Å²) in [6, 6.07) is 10.1. The van der Waals surface area contributed by atoms with Gasteiger partial charge in [0.05, 0.1) is 36.4 Å². The van der Waals surface area contributed by atoms with Crippen LogP contribution in [0.5, 0.6) is 11.5 Å². The van der Waals surface area contributed by atoms with E-state index < -0.39 is 5.82 Å². The molecule has 10 nitrogen and oxygen atoms in total. The van der Waals surface area contributed by atoms with Crippen molar-refractivity contribution < 1.29 is 23.8 Å². The van der Waals surface area contributed by atoms with E-state index in [4.69, 9.17) is 14.6 Å². The Hall–Kier alpha value is -4.21. The summed E-state index contributed by atoms with van der Waals surface area (Å²) >= 11 is 1.22. The molecule has 3 heterocycles. The van der Waals surface area contributed by atoms with Crippen LogP contribution in [0.1, 0.15) is 22.3 Å². The van der Waals surface area contributed by atoms with E-state index >= 15 is 0 Å². The molecule has 0 spiro atoms. The van der Waals surface area contributed by atoms with Crippen molar-refractivity contribution in [2.75, 3.05) is 38.7 Å². The Kier molecular flexibility index (Phi) is 8.17. The number of hydrogen-bond donors (Lipinski definition) is 3. The van der Waals surface area contributed by atoms with Crippen molar-refractivity contribution in [3.8, 4) is 28.1 Å². The molecule has 0 atom stereocenters. The minimum atomic E-state index is -0.441. The number of aliphatic hydroxyl groups excluding tert-OH is 1. The van der Waals surface area contributed by atoms with E-state index in [0.29, 0.717) is 69.1 Å². The summed E-state index contributed by atoms with van der Waals surface area (Å²) in [4.78, 5) is 22.1. The van der Waals surface area contributed by atoms with Gasteiger partial charge in [0, 0.05) is 37.2 Å². The van der Waals surface area contributed by atoms with Crippen molar-refractivity contribution in [2.45, 2.75) is 13.5 Å². The number of rotatable bonds is 11. The maximum Gasteiger partial charge on any atom is 0.265 e. The monoisotopic (exact) mass is 524 g/mol. The van der Waals surface area contributed by atoms with Crippen molar-refractivity contribution in [3.63, 3.8) is 0 Å². The number of nitrogens with zero attached hydrogens (tertiary/aromatic N) is 4. The number of nitrogens with one attached hydrogen (secondary N) is 2. The number of carbonyl (C=O) groups is 1. The lowest BCUT2D eigenvalue weighted by molar-refractivity contribution is 0.0945. The van der Waals surface area contributed by atoms with E-state index in [1.54, 1.807) is 22.8 Å². The molecule has 1 aromatic carbocycles. The largest absolute Gasteiger partial charge is 0.496 e. The number of methoxy groups -OCH3 is 1. The molecule has 0 radical (unpaired) electrons. The molecule has 0 saturated heterocycles. The standard InChI is InChI=1S/C25H25FN6O4S/c1-3-36-20-12-21(37-24(20)25(34)29-7-9-33)18-11-22(31-14-30-18)28-6-8-32-15(13-27)10-16-19(35-2)5-4-17(26)23(16)32/h4-5,10-12,14,33H,3,6-9H2,1-2H3,(H,29,34)(H,28,30,31). The number of amides is 1. The SMILES string of the molecule is CCOc1cc(-c2cc(NCCn3c(C#N)cc4c(OC)ccc(F)c43)ncn2)sc1C(=O)NCCO. The average Bonchev–Trinajstić information content (AvgIpc) is 3.50. The van der Waals surface area contributed by atoms with E-state index in [1.165, 1.54) is 36.9 Å². The van der Waals surface area contributed by atoms with Gasteiger partial charge >= 0.3 is 0 Å². The lowest BCUT2D eigenvalue weighted by Gasteiger charge is -2.11. The third kappa shape index (κ3) is 5.47. The molecule has 192 valence electrons. The molecule has 0 unspecified atom stereocenters. The van der Waals surface area contributed by atoms with Crippen LogP contribution in [0, 0.1) is 17.1 Å². The van der Waals surface area contributed by atoms with Crippen molar-refractivity contribution in [1.82, 2.24) is 19.9 Å². The van der Waals surface area contributed by atoms with Gasteiger partial charge in [0.25, 0.3) is 5.91 Å². The van der Waals surface area contributed by atoms with Crippen LogP contribution in [0.25, 0.3) is 21.5 Å². The van der Waals surface area contributed by atoms with Gasteiger partial charge in [-0.3, -0.25) is 4.79 Å². The highest BCUT2D eigenvalue weighted by Crippen LogP contribution is 2.36. The van der Waals surface area contributed by atoms with Gasteiger partial charge in [0.2, 0.25) is 0 Å². The third-order valence-electron chi connectivity index (χ3n) is 5.47. The highest BCUT2D eigenvalue weighted by Gasteiger charge is 2.19. The van der Waals surface area contributed by atoms with Gasteiger partial charge < -0.3 is 29.8 Å². The number of ether oxygens (including phenoxy) is 2. The number of aromatic nitrogens is 3. The number of thiophene rings is 1. The molecule has 12 heteroatoms. The molecule has 3 aromatic heterocycles. The minimum Gasteiger partial charge on any atom is -0.496 e. The maximum atomic E-state index is 14.6. The minimum absolute atomic E-state index is 0.139. The van der Waals surface area contributed by atoms with Gasteiger partial charge in [-0.1, -0.05) is 0 Å². The van der Waals surface area contributed by atoms with Gasteiger partial charge in [-0.05, 0) is 25.1 Å². The molecule has 0 aliphatic rings. The fourth-order valence-corrected chi connectivity index (χ4v) is 4.86. The van der Waals surface area contributed by atoms with Gasteiger partial charge in [-0.2, -0.15) is 5.26 Å². The van der Waals surface area contributed by atoms with E-state index in [2.05, 4.69) is 26.7 Å². The topological polar surface area (TPSA) is 134 Å². The van der Waals surface area contributed by atoms with Crippen LogP contribution in [0.2, 0.25) is 0 Å². The van der Waals surface area contributed by atoms with E-state index in [1.807, 2.05) is 6.92 Å². The van der Waals surface area contributed by atoms with Crippen LogP contribution < -0.4 is 20.1 Å². The van der Waals surface area contributed by atoms with Gasteiger partial charge in [-0.15, -0.1) is 11.3 Å². The zero-order chi connectivity index (χ0) is 26.4. The third-order valence-corrected chi connectivity index (χ3v) is 6.60. The molecule has 3 N–H and O–H groups in total. The number of carbonyl (C=O) groups excluding carboxylic acids is 1. The van der Waals surface area contributed by atoms with Crippen molar-refractivity contribution in [1.29, 1.82) is 5.26 Å². The van der Waals surface area contributed by atoms with Crippen molar-refractivity contribution >= 4 is 34.0 Å². The summed E-state index contributed by atoms with van der Waals surface area (Å²) in [5, 5.41) is 24.9. The zero-order valence-electron chi connectivity index (χ0n) is 20.2. The van der Waals surface area contributed by atoms with Crippen LogP contribution in [0.4, 0.5) is 10.2 Å². The molecular formula is C25H25FN6O4S. The molecular weight excluding hydrogens is 499 g/mol. The summed E-state index contributed by atoms with van der Waals surface area (Å²) in [7, 11) is 1.50. The molecule has 4 rings (SSSR count). The summed E-state index contributed by atoms with van der Waals surface area (Å²) in [5.41, 5.74) is 1.21. The first-order valence-corrected chi connectivity index (χ1v) is 12.3. The Morgan fingerprint density at radius 2 is 2.08 bits per heavy atom. The number of aliphatic hydroxyl groups is 1. The highest BCUT2D eigenvalue weighted by molar-refractivity contribution is 7.17. The summed E-state index contributed by atoms with van der Waals surface area (Å²) in [6.45, 7) is 2.85. The predicted octanol–water partition coefficient (Wildman–Crippen LogP) is 3.41. The molecule has 0 fully saturated rings.